The van der Waals surface area contributed by atoms with Crippen LogP contribution >= 0.6 is 0 Å². The molecule has 0 bridgehead atoms. The Morgan fingerprint density at radius 3 is 2.36 bits per heavy atom. The van der Waals surface area contributed by atoms with E-state index in [1.807, 2.05) is 0 Å². The molecule has 0 saturated carbocycles. The lowest BCUT2D eigenvalue weighted by molar-refractivity contribution is 0.0549. The number of hydrogen-bond donors (Lipinski definition) is 0. The Morgan fingerprint density at radius 2 is 1.75 bits per heavy atom. The fourth-order valence-corrected chi connectivity index (χ4v) is 2.78. The topological polar surface area (TPSA) is 70.4 Å². The summed E-state index contributed by atoms with van der Waals surface area (Å²) in [5.74, 6) is 0.229. The maximum absolute atomic E-state index is 13.9. The number of methoxy groups -OCH3 is 2. The molecule has 0 atom stereocenters. The van der Waals surface area contributed by atoms with Crippen molar-refractivity contribution in [3.05, 3.63) is 71.2 Å². The SMILES string of the molecule is C#Cc1ccc(F)cc1-c1nn(-c2ccccc2)c(C(=O)OC)c1C(=O)OC. The Labute approximate surface area is 160 Å². The molecule has 2 aromatic carbocycles. The van der Waals surface area contributed by atoms with Crippen molar-refractivity contribution >= 4 is 11.9 Å². The number of carbonyl (C=O) groups is 2. The van der Waals surface area contributed by atoms with E-state index in [0.717, 1.165) is 6.07 Å². The van der Waals surface area contributed by atoms with Gasteiger partial charge in [-0.25, -0.2) is 18.7 Å². The average molecular weight is 378 g/mol. The van der Waals surface area contributed by atoms with E-state index in [0.29, 0.717) is 11.3 Å². The largest absolute Gasteiger partial charge is 0.465 e. The smallest absolute Gasteiger partial charge is 0.357 e. The first-order valence-electron chi connectivity index (χ1n) is 8.13. The van der Waals surface area contributed by atoms with E-state index in [9.17, 15) is 14.0 Å². The molecule has 0 saturated heterocycles. The van der Waals surface area contributed by atoms with Crippen molar-refractivity contribution in [3.8, 4) is 29.3 Å². The monoisotopic (exact) mass is 378 g/mol. The summed E-state index contributed by atoms with van der Waals surface area (Å²) in [4.78, 5) is 25.1. The maximum atomic E-state index is 13.9. The lowest BCUT2D eigenvalue weighted by Gasteiger charge is -2.07. The minimum Gasteiger partial charge on any atom is -0.465 e. The lowest BCUT2D eigenvalue weighted by Crippen LogP contribution is -2.15. The number of nitrogens with zero attached hydrogens (tertiary/aromatic N) is 2. The third-order valence-electron chi connectivity index (χ3n) is 4.05. The van der Waals surface area contributed by atoms with Gasteiger partial charge in [0, 0.05) is 11.1 Å². The van der Waals surface area contributed by atoms with Gasteiger partial charge in [0.15, 0.2) is 5.69 Å². The van der Waals surface area contributed by atoms with Crippen LogP contribution in [0, 0.1) is 18.2 Å². The Morgan fingerprint density at radius 1 is 1.07 bits per heavy atom. The summed E-state index contributed by atoms with van der Waals surface area (Å²) < 4.78 is 24.9. The van der Waals surface area contributed by atoms with Crippen LogP contribution in [-0.4, -0.2) is 35.9 Å². The van der Waals surface area contributed by atoms with Crippen LogP contribution in [0.4, 0.5) is 4.39 Å². The third-order valence-corrected chi connectivity index (χ3v) is 4.05. The average Bonchev–Trinajstić information content (AvgIpc) is 3.13. The minimum absolute atomic E-state index is 0.0172. The zero-order valence-electron chi connectivity index (χ0n) is 15.1. The van der Waals surface area contributed by atoms with Crippen molar-refractivity contribution in [1.29, 1.82) is 0 Å². The third kappa shape index (κ3) is 3.23. The van der Waals surface area contributed by atoms with Gasteiger partial charge < -0.3 is 9.47 Å². The first-order chi connectivity index (χ1) is 13.5. The molecule has 6 nitrogen and oxygen atoms in total. The molecule has 0 aliphatic rings. The highest BCUT2D eigenvalue weighted by Gasteiger charge is 2.32. The minimum atomic E-state index is -0.829. The van der Waals surface area contributed by atoms with Crippen molar-refractivity contribution in [2.45, 2.75) is 0 Å². The Hall–Kier alpha value is -3.92. The molecule has 0 amide bonds. The van der Waals surface area contributed by atoms with E-state index in [1.54, 1.807) is 30.3 Å². The lowest BCUT2D eigenvalue weighted by atomic mass is 10.0. The number of para-hydroxylation sites is 1. The van der Waals surface area contributed by atoms with Gasteiger partial charge in [0.25, 0.3) is 0 Å². The van der Waals surface area contributed by atoms with Crippen molar-refractivity contribution in [3.63, 3.8) is 0 Å². The molecule has 0 aliphatic heterocycles. The molecule has 0 unspecified atom stereocenters. The molecule has 0 fully saturated rings. The molecular formula is C21H15FN2O4. The Kier molecular flexibility index (Phi) is 5.23. The van der Waals surface area contributed by atoms with Gasteiger partial charge in [-0.15, -0.1) is 6.42 Å². The Bertz CT molecular complexity index is 1100. The highest BCUT2D eigenvalue weighted by atomic mass is 19.1. The molecular weight excluding hydrogens is 363 g/mol. The molecule has 3 aromatic rings. The first kappa shape index (κ1) is 18.9. The van der Waals surface area contributed by atoms with E-state index in [2.05, 4.69) is 11.0 Å². The van der Waals surface area contributed by atoms with E-state index in [-0.39, 0.29) is 22.5 Å². The maximum Gasteiger partial charge on any atom is 0.357 e. The summed E-state index contributed by atoms with van der Waals surface area (Å²) in [5.41, 5.74) is 0.688. The molecule has 1 aromatic heterocycles. The number of halogens is 1. The number of benzene rings is 2. The van der Waals surface area contributed by atoms with Gasteiger partial charge in [0.1, 0.15) is 17.1 Å². The quantitative estimate of drug-likeness (QED) is 0.515. The molecule has 140 valence electrons. The molecule has 28 heavy (non-hydrogen) atoms. The summed E-state index contributed by atoms with van der Waals surface area (Å²) in [6.07, 6.45) is 5.52. The van der Waals surface area contributed by atoms with Crippen molar-refractivity contribution < 1.29 is 23.5 Å². The van der Waals surface area contributed by atoms with Crippen molar-refractivity contribution in [1.82, 2.24) is 9.78 Å². The molecule has 0 spiro atoms. The number of rotatable bonds is 4. The molecule has 7 heteroatoms. The number of carbonyl (C=O) groups excluding carboxylic acids is 2. The highest BCUT2D eigenvalue weighted by Crippen LogP contribution is 2.31. The van der Waals surface area contributed by atoms with Crippen LogP contribution < -0.4 is 0 Å². The first-order valence-corrected chi connectivity index (χ1v) is 8.13. The predicted molar refractivity (Wildman–Crippen MR) is 99.6 cm³/mol. The predicted octanol–water partition coefficient (Wildman–Crippen LogP) is 3.23. The normalized spacial score (nSPS) is 10.2. The van der Waals surface area contributed by atoms with Gasteiger partial charge in [-0.1, -0.05) is 24.1 Å². The van der Waals surface area contributed by atoms with Crippen LogP contribution in [0.5, 0.6) is 0 Å². The zero-order valence-corrected chi connectivity index (χ0v) is 15.1. The van der Waals surface area contributed by atoms with Crippen molar-refractivity contribution in [2.24, 2.45) is 0 Å². The molecule has 3 rings (SSSR count). The highest BCUT2D eigenvalue weighted by molar-refractivity contribution is 6.07. The fraction of sp³-hybridized carbons (Fsp3) is 0.0952. The molecule has 0 radical (unpaired) electrons. The van der Waals surface area contributed by atoms with Gasteiger partial charge in [0.05, 0.1) is 19.9 Å². The zero-order chi connectivity index (χ0) is 20.3. The van der Waals surface area contributed by atoms with Gasteiger partial charge in [0.2, 0.25) is 0 Å². The second-order valence-corrected chi connectivity index (χ2v) is 5.64. The van der Waals surface area contributed by atoms with E-state index < -0.39 is 17.8 Å². The summed E-state index contributed by atoms with van der Waals surface area (Å²) in [6, 6.07) is 12.4. The van der Waals surface area contributed by atoms with Crippen LogP contribution in [0.2, 0.25) is 0 Å². The van der Waals surface area contributed by atoms with Gasteiger partial charge in [-0.2, -0.15) is 5.10 Å². The van der Waals surface area contributed by atoms with Crippen LogP contribution in [0.15, 0.2) is 48.5 Å². The standard InChI is InChI=1S/C21H15FN2O4/c1-4-13-10-11-14(22)12-16(13)18-17(20(25)27-2)19(21(26)28-3)24(23-18)15-8-6-5-7-9-15/h1,5-12H,2-3H3. The molecule has 0 aliphatic carbocycles. The van der Waals surface area contributed by atoms with Crippen molar-refractivity contribution in [2.75, 3.05) is 14.2 Å². The second-order valence-electron chi connectivity index (χ2n) is 5.64. The van der Waals surface area contributed by atoms with Gasteiger partial charge in [-0.3, -0.25) is 0 Å². The van der Waals surface area contributed by atoms with Crippen LogP contribution in [-0.2, 0) is 9.47 Å². The second kappa shape index (κ2) is 7.76. The van der Waals surface area contributed by atoms with E-state index >= 15 is 0 Å². The fourth-order valence-electron chi connectivity index (χ4n) is 2.78. The number of ether oxygens (including phenoxy) is 2. The number of terminal acetylenes is 1. The van der Waals surface area contributed by atoms with Crippen LogP contribution in [0.25, 0.3) is 16.9 Å². The number of esters is 2. The van der Waals surface area contributed by atoms with E-state index in [4.69, 9.17) is 15.9 Å². The van der Waals surface area contributed by atoms with Crippen LogP contribution in [0.3, 0.4) is 0 Å². The summed E-state index contributed by atoms with van der Waals surface area (Å²) in [7, 11) is 2.35. The van der Waals surface area contributed by atoms with Gasteiger partial charge in [-0.05, 0) is 30.3 Å². The van der Waals surface area contributed by atoms with Crippen LogP contribution in [0.1, 0.15) is 26.4 Å². The number of hydrogen-bond acceptors (Lipinski definition) is 5. The molecule has 1 heterocycles. The number of aromatic nitrogens is 2. The summed E-state index contributed by atoms with van der Waals surface area (Å²) >= 11 is 0. The Balaban J connectivity index is 2.43. The van der Waals surface area contributed by atoms with E-state index in [1.165, 1.54) is 31.0 Å². The van der Waals surface area contributed by atoms with Gasteiger partial charge >= 0.3 is 11.9 Å². The summed E-state index contributed by atoms with van der Waals surface area (Å²) in [6.45, 7) is 0. The molecule has 0 N–H and O–H groups in total. The summed E-state index contributed by atoms with van der Waals surface area (Å²) in [5, 5.41) is 4.39.